The second kappa shape index (κ2) is 5.29. The lowest BCUT2D eigenvalue weighted by Crippen LogP contribution is -2.44. The Labute approximate surface area is 152 Å². The van der Waals surface area contributed by atoms with Crippen molar-refractivity contribution < 1.29 is 14.4 Å². The molecule has 5 aliphatic rings. The van der Waals surface area contributed by atoms with Gasteiger partial charge in [0, 0.05) is 12.6 Å². The lowest BCUT2D eigenvalue weighted by molar-refractivity contribution is -0.140. The first kappa shape index (κ1) is 15.8. The Bertz CT molecular complexity index is 825. The number of nitrogens with zero attached hydrogens (tertiary/aromatic N) is 2. The van der Waals surface area contributed by atoms with Gasteiger partial charge < -0.3 is 0 Å². The number of allylic oxidation sites excluding steroid dienone is 2. The van der Waals surface area contributed by atoms with E-state index in [-0.39, 0.29) is 48.1 Å². The number of likely N-dealkylation sites (tertiary alicyclic amines) is 1. The molecule has 0 N–H and O–H groups in total. The van der Waals surface area contributed by atoms with Gasteiger partial charge in [0.25, 0.3) is 0 Å². The molecule has 0 radical (unpaired) electrons. The van der Waals surface area contributed by atoms with E-state index in [1.54, 1.807) is 0 Å². The van der Waals surface area contributed by atoms with E-state index in [0.29, 0.717) is 11.8 Å². The predicted octanol–water partition coefficient (Wildman–Crippen LogP) is 2.36. The molecule has 0 aromatic heterocycles. The summed E-state index contributed by atoms with van der Waals surface area (Å²) < 4.78 is 0. The van der Waals surface area contributed by atoms with Gasteiger partial charge >= 0.3 is 0 Å². The number of hydrogen-bond donors (Lipinski definition) is 0. The summed E-state index contributed by atoms with van der Waals surface area (Å²) >= 11 is 0. The molecule has 3 amide bonds. The van der Waals surface area contributed by atoms with Crippen molar-refractivity contribution >= 4 is 23.4 Å². The molecule has 5 nitrogen and oxygen atoms in total. The first-order valence-corrected chi connectivity index (χ1v) is 9.35. The number of hydrogen-bond acceptors (Lipinski definition) is 3. The quantitative estimate of drug-likeness (QED) is 0.621. The third kappa shape index (κ3) is 2.06. The number of anilines is 1. The van der Waals surface area contributed by atoms with Crippen molar-refractivity contribution in [2.45, 2.75) is 20.3 Å². The summed E-state index contributed by atoms with van der Waals surface area (Å²) in [6.45, 7) is 3.44. The van der Waals surface area contributed by atoms with Crippen LogP contribution in [0.2, 0.25) is 0 Å². The van der Waals surface area contributed by atoms with Crippen LogP contribution in [0.15, 0.2) is 36.4 Å². The van der Waals surface area contributed by atoms with Crippen molar-refractivity contribution in [1.29, 1.82) is 0 Å². The highest BCUT2D eigenvalue weighted by molar-refractivity contribution is 6.07. The fourth-order valence-electron chi connectivity index (χ4n) is 5.46. The van der Waals surface area contributed by atoms with Gasteiger partial charge in [0.05, 0.1) is 11.8 Å². The highest BCUT2D eigenvalue weighted by atomic mass is 16.2. The van der Waals surface area contributed by atoms with E-state index >= 15 is 0 Å². The van der Waals surface area contributed by atoms with Gasteiger partial charge in [-0.15, -0.1) is 0 Å². The second-order valence-electron chi connectivity index (χ2n) is 8.19. The maximum atomic E-state index is 13.1. The van der Waals surface area contributed by atoms with Gasteiger partial charge in [0.1, 0.15) is 6.67 Å². The molecule has 6 atom stereocenters. The zero-order valence-corrected chi connectivity index (χ0v) is 15.0. The topological polar surface area (TPSA) is 57.7 Å². The lowest BCUT2D eigenvalue weighted by atomic mass is 9.63. The maximum absolute atomic E-state index is 13.1. The van der Waals surface area contributed by atoms with Crippen LogP contribution in [0, 0.1) is 42.4 Å². The van der Waals surface area contributed by atoms with Crippen LogP contribution in [0.3, 0.4) is 0 Å². The number of imide groups is 1. The molecule has 1 aliphatic heterocycles. The molecule has 1 aromatic rings. The molecule has 1 saturated heterocycles. The van der Waals surface area contributed by atoms with Crippen molar-refractivity contribution in [3.05, 3.63) is 42.0 Å². The molecule has 4 aliphatic carbocycles. The molecular formula is C21H22N2O3. The van der Waals surface area contributed by atoms with Crippen LogP contribution in [0.4, 0.5) is 5.69 Å². The molecule has 26 heavy (non-hydrogen) atoms. The molecular weight excluding hydrogens is 328 g/mol. The first-order valence-electron chi connectivity index (χ1n) is 9.35. The smallest absolute Gasteiger partial charge is 0.235 e. The van der Waals surface area contributed by atoms with Gasteiger partial charge in [-0.05, 0) is 54.7 Å². The van der Waals surface area contributed by atoms with Gasteiger partial charge in [0.15, 0.2) is 0 Å². The Morgan fingerprint density at radius 1 is 1.12 bits per heavy atom. The molecule has 1 aromatic carbocycles. The summed E-state index contributed by atoms with van der Waals surface area (Å²) in [6.07, 6.45) is 5.48. The zero-order valence-electron chi connectivity index (χ0n) is 15.0. The van der Waals surface area contributed by atoms with E-state index in [1.807, 2.05) is 31.2 Å². The minimum atomic E-state index is -0.215. The SMILES string of the molecule is CC(=O)N(CN1C(=O)[C@H]2[C@@H]3C=C[C@@H]([C@H]4C[C@H]34)[C@@H]2C1=O)c1cccc(C)c1. The van der Waals surface area contributed by atoms with Crippen LogP contribution in [-0.2, 0) is 14.4 Å². The summed E-state index contributed by atoms with van der Waals surface area (Å²) in [6, 6.07) is 7.58. The van der Waals surface area contributed by atoms with E-state index in [4.69, 9.17) is 0 Å². The summed E-state index contributed by atoms with van der Waals surface area (Å²) in [5, 5.41) is 0. The van der Waals surface area contributed by atoms with Crippen molar-refractivity contribution in [2.24, 2.45) is 35.5 Å². The molecule has 134 valence electrons. The fourth-order valence-corrected chi connectivity index (χ4v) is 5.46. The molecule has 6 rings (SSSR count). The average molecular weight is 350 g/mol. The lowest BCUT2D eigenvalue weighted by Gasteiger charge is -2.37. The third-order valence-electron chi connectivity index (χ3n) is 6.73. The number of aryl methyl sites for hydroxylation is 1. The maximum Gasteiger partial charge on any atom is 0.235 e. The predicted molar refractivity (Wildman–Crippen MR) is 95.8 cm³/mol. The molecule has 5 heteroatoms. The molecule has 0 spiro atoms. The van der Waals surface area contributed by atoms with Crippen LogP contribution in [0.1, 0.15) is 18.9 Å². The van der Waals surface area contributed by atoms with Gasteiger partial charge in [0.2, 0.25) is 17.7 Å². The Hall–Kier alpha value is -2.43. The van der Waals surface area contributed by atoms with Gasteiger partial charge in [-0.1, -0.05) is 24.3 Å². The minimum Gasteiger partial charge on any atom is -0.294 e. The van der Waals surface area contributed by atoms with E-state index in [2.05, 4.69) is 12.2 Å². The summed E-state index contributed by atoms with van der Waals surface area (Å²) in [4.78, 5) is 41.3. The number of carbonyl (C=O) groups excluding carboxylic acids is 3. The molecule has 3 fully saturated rings. The zero-order chi connectivity index (χ0) is 18.2. The number of rotatable bonds is 3. The highest BCUT2D eigenvalue weighted by Gasteiger charge is 2.67. The van der Waals surface area contributed by atoms with Crippen LogP contribution < -0.4 is 4.90 Å². The van der Waals surface area contributed by atoms with Crippen LogP contribution in [0.25, 0.3) is 0 Å². The Balaban J connectivity index is 1.45. The van der Waals surface area contributed by atoms with Crippen molar-refractivity contribution in [1.82, 2.24) is 4.90 Å². The Kier molecular flexibility index (Phi) is 3.21. The molecule has 2 bridgehead atoms. The van der Waals surface area contributed by atoms with Crippen molar-refractivity contribution in [2.75, 3.05) is 11.6 Å². The summed E-state index contributed by atoms with van der Waals surface area (Å²) in [5.74, 6) is 0.803. The first-order chi connectivity index (χ1) is 12.5. The van der Waals surface area contributed by atoms with Gasteiger partial charge in [-0.2, -0.15) is 0 Å². The standard InChI is InChI=1S/C21H22N2O3/c1-11-4-3-5-13(8-11)22(12(2)24)10-23-20(25)18-14-6-7-15(17-9-16(14)17)19(18)21(23)26/h3-8,14-19H,9-10H2,1-2H3/t14-,15+,16-,17-,18+,19+/m1/s1. The number of amides is 3. The van der Waals surface area contributed by atoms with E-state index in [1.165, 1.54) is 16.7 Å². The number of carbonyl (C=O) groups is 3. The van der Waals surface area contributed by atoms with Crippen LogP contribution >= 0.6 is 0 Å². The molecule has 0 unspecified atom stereocenters. The van der Waals surface area contributed by atoms with Crippen molar-refractivity contribution in [3.63, 3.8) is 0 Å². The Morgan fingerprint density at radius 2 is 1.73 bits per heavy atom. The highest BCUT2D eigenvalue weighted by Crippen LogP contribution is 2.65. The van der Waals surface area contributed by atoms with Crippen LogP contribution in [0.5, 0.6) is 0 Å². The van der Waals surface area contributed by atoms with Gasteiger partial charge in [-0.3, -0.25) is 24.2 Å². The summed E-state index contributed by atoms with van der Waals surface area (Å²) in [7, 11) is 0. The Morgan fingerprint density at radius 3 is 2.27 bits per heavy atom. The van der Waals surface area contributed by atoms with E-state index in [0.717, 1.165) is 17.7 Å². The largest absolute Gasteiger partial charge is 0.294 e. The minimum absolute atomic E-state index is 0.0121. The van der Waals surface area contributed by atoms with E-state index in [9.17, 15) is 14.4 Å². The fraction of sp³-hybridized carbons (Fsp3) is 0.476. The molecule has 2 saturated carbocycles. The molecule has 1 heterocycles. The third-order valence-corrected chi connectivity index (χ3v) is 6.73. The second-order valence-corrected chi connectivity index (χ2v) is 8.19. The number of benzene rings is 1. The van der Waals surface area contributed by atoms with E-state index < -0.39 is 0 Å². The average Bonchev–Trinajstić information content (AvgIpc) is 3.39. The van der Waals surface area contributed by atoms with Crippen molar-refractivity contribution in [3.8, 4) is 0 Å². The van der Waals surface area contributed by atoms with Crippen LogP contribution in [-0.4, -0.2) is 29.3 Å². The van der Waals surface area contributed by atoms with Gasteiger partial charge in [-0.25, -0.2) is 0 Å². The monoisotopic (exact) mass is 350 g/mol. The summed E-state index contributed by atoms with van der Waals surface area (Å²) in [5.41, 5.74) is 1.75. The normalized spacial score (nSPS) is 36.2.